The number of fused-ring (bicyclic) bond motifs is 1. The lowest BCUT2D eigenvalue weighted by molar-refractivity contribution is -0.147. The van der Waals surface area contributed by atoms with Crippen LogP contribution >= 0.6 is 0 Å². The maximum absolute atomic E-state index is 13.0. The molecular weight excluding hydrogens is 476 g/mol. The van der Waals surface area contributed by atoms with Crippen molar-refractivity contribution >= 4 is 46.5 Å². The normalized spacial score (nSPS) is 14.2. The maximum atomic E-state index is 13.0. The summed E-state index contributed by atoms with van der Waals surface area (Å²) in [4.78, 5) is 74.9. The summed E-state index contributed by atoms with van der Waals surface area (Å²) in [5.74, 6) is -6.64. The van der Waals surface area contributed by atoms with Crippen LogP contribution in [0.15, 0.2) is 30.5 Å². The molecule has 4 atom stereocenters. The van der Waals surface area contributed by atoms with E-state index in [1.165, 1.54) is 6.92 Å². The first kappa shape index (κ1) is 27.8. The number of rotatable bonds is 13. The standard InChI is InChI=1S/C22H28N6O8/c1-10(23)19(32)26-15(7-17(24)29)21(34)27-14(20(33)28-16(22(35)36)8-18(30)31)6-11-9-25-13-5-3-2-4-12(11)13/h2-5,9-10,14-16,25H,6-8,23H2,1H3,(H2,24,29)(H,26,32)(H,27,34)(H,28,33)(H,30,31)(H,35,36). The highest BCUT2D eigenvalue weighted by atomic mass is 16.4. The molecule has 1 heterocycles. The van der Waals surface area contributed by atoms with Crippen LogP contribution in [0.2, 0.25) is 0 Å². The Morgan fingerprint density at radius 3 is 2.06 bits per heavy atom. The van der Waals surface area contributed by atoms with Crippen molar-refractivity contribution in [1.82, 2.24) is 20.9 Å². The summed E-state index contributed by atoms with van der Waals surface area (Å²) in [6.07, 6.45) is -0.0284. The second kappa shape index (κ2) is 12.3. The number of carboxylic acids is 2. The first-order chi connectivity index (χ1) is 16.9. The first-order valence-electron chi connectivity index (χ1n) is 10.8. The van der Waals surface area contributed by atoms with Gasteiger partial charge in [0.2, 0.25) is 23.6 Å². The lowest BCUT2D eigenvalue weighted by atomic mass is 10.0. The molecule has 4 amide bonds. The number of primary amides is 1. The fourth-order valence-electron chi connectivity index (χ4n) is 3.36. The van der Waals surface area contributed by atoms with E-state index in [9.17, 15) is 33.9 Å². The molecule has 14 heteroatoms. The van der Waals surface area contributed by atoms with Crippen LogP contribution in [0.1, 0.15) is 25.3 Å². The van der Waals surface area contributed by atoms with E-state index in [1.807, 2.05) is 0 Å². The minimum Gasteiger partial charge on any atom is -0.481 e. The number of nitrogens with two attached hydrogens (primary N) is 2. The van der Waals surface area contributed by atoms with Gasteiger partial charge in [-0.3, -0.25) is 24.0 Å². The number of carbonyl (C=O) groups is 6. The van der Waals surface area contributed by atoms with Crippen molar-refractivity contribution < 1.29 is 39.0 Å². The lowest BCUT2D eigenvalue weighted by Crippen LogP contribution is -2.58. The summed E-state index contributed by atoms with van der Waals surface area (Å²) in [7, 11) is 0. The Morgan fingerprint density at radius 2 is 1.47 bits per heavy atom. The molecule has 0 spiro atoms. The zero-order valence-corrected chi connectivity index (χ0v) is 19.3. The minimum atomic E-state index is -1.77. The SMILES string of the molecule is CC(N)C(=O)NC(CC(N)=O)C(=O)NC(Cc1c[nH]c2ccccc12)C(=O)NC(CC(=O)O)C(=O)O. The van der Waals surface area contributed by atoms with Crippen molar-refractivity contribution in [2.24, 2.45) is 11.5 Å². The number of carboxylic acid groups (broad SMARTS) is 2. The number of nitrogens with one attached hydrogen (secondary N) is 4. The van der Waals surface area contributed by atoms with Gasteiger partial charge in [0.15, 0.2) is 0 Å². The third kappa shape index (κ3) is 7.80. The van der Waals surface area contributed by atoms with Gasteiger partial charge >= 0.3 is 11.9 Å². The van der Waals surface area contributed by atoms with E-state index in [1.54, 1.807) is 30.5 Å². The third-order valence-corrected chi connectivity index (χ3v) is 5.18. The van der Waals surface area contributed by atoms with Crippen molar-refractivity contribution in [3.8, 4) is 0 Å². The molecule has 194 valence electrons. The van der Waals surface area contributed by atoms with Crippen molar-refractivity contribution in [2.75, 3.05) is 0 Å². The van der Waals surface area contributed by atoms with E-state index in [2.05, 4.69) is 20.9 Å². The zero-order chi connectivity index (χ0) is 27.0. The molecule has 0 saturated heterocycles. The van der Waals surface area contributed by atoms with Gasteiger partial charge in [0, 0.05) is 23.5 Å². The molecule has 36 heavy (non-hydrogen) atoms. The van der Waals surface area contributed by atoms with Crippen LogP contribution in [0.3, 0.4) is 0 Å². The molecular formula is C22H28N6O8. The molecule has 0 bridgehead atoms. The number of aliphatic carboxylic acids is 2. The summed E-state index contributed by atoms with van der Waals surface area (Å²) in [6.45, 7) is 1.36. The van der Waals surface area contributed by atoms with Crippen LogP contribution in [0.4, 0.5) is 0 Å². The molecule has 1 aromatic heterocycles. The number of para-hydroxylation sites is 1. The molecule has 0 radical (unpaired) electrons. The maximum Gasteiger partial charge on any atom is 0.326 e. The van der Waals surface area contributed by atoms with E-state index in [0.29, 0.717) is 5.56 Å². The monoisotopic (exact) mass is 504 g/mol. The van der Waals surface area contributed by atoms with Crippen LogP contribution in [0.25, 0.3) is 10.9 Å². The number of aromatic nitrogens is 1. The molecule has 0 aliphatic rings. The van der Waals surface area contributed by atoms with Crippen molar-refractivity contribution in [3.63, 3.8) is 0 Å². The summed E-state index contributed by atoms with van der Waals surface area (Å²) >= 11 is 0. The Morgan fingerprint density at radius 1 is 0.889 bits per heavy atom. The molecule has 10 N–H and O–H groups in total. The second-order valence-corrected chi connectivity index (χ2v) is 8.14. The molecule has 2 aromatic rings. The van der Waals surface area contributed by atoms with Crippen LogP contribution in [-0.2, 0) is 35.2 Å². The van der Waals surface area contributed by atoms with Gasteiger partial charge in [-0.2, -0.15) is 0 Å². The number of benzene rings is 1. The molecule has 4 unspecified atom stereocenters. The van der Waals surface area contributed by atoms with E-state index in [0.717, 1.165) is 10.9 Å². The topological polar surface area (TPSA) is 247 Å². The fourth-order valence-corrected chi connectivity index (χ4v) is 3.36. The summed E-state index contributed by atoms with van der Waals surface area (Å²) < 4.78 is 0. The van der Waals surface area contributed by atoms with Gasteiger partial charge in [0.05, 0.1) is 18.9 Å². The Bertz CT molecular complexity index is 1160. The zero-order valence-electron chi connectivity index (χ0n) is 19.3. The quantitative estimate of drug-likeness (QED) is 0.149. The van der Waals surface area contributed by atoms with Gasteiger partial charge in [-0.15, -0.1) is 0 Å². The highest BCUT2D eigenvalue weighted by Crippen LogP contribution is 2.19. The Kier molecular flexibility index (Phi) is 9.50. The predicted octanol–water partition coefficient (Wildman–Crippen LogP) is -2.05. The van der Waals surface area contributed by atoms with E-state index in [4.69, 9.17) is 16.6 Å². The summed E-state index contributed by atoms with van der Waals surface area (Å²) in [5, 5.41) is 25.8. The highest BCUT2D eigenvalue weighted by molar-refractivity contribution is 5.97. The predicted molar refractivity (Wildman–Crippen MR) is 125 cm³/mol. The van der Waals surface area contributed by atoms with Crippen molar-refractivity contribution in [1.29, 1.82) is 0 Å². The number of H-pyrrole nitrogens is 1. The van der Waals surface area contributed by atoms with Gasteiger partial charge in [-0.1, -0.05) is 18.2 Å². The van der Waals surface area contributed by atoms with Crippen molar-refractivity contribution in [2.45, 2.75) is 50.4 Å². The average Bonchev–Trinajstić information content (AvgIpc) is 3.19. The van der Waals surface area contributed by atoms with Gasteiger partial charge in [0.1, 0.15) is 18.1 Å². The molecule has 14 nitrogen and oxygen atoms in total. The smallest absolute Gasteiger partial charge is 0.326 e. The Balaban J connectivity index is 2.34. The number of hydrogen-bond donors (Lipinski definition) is 8. The highest BCUT2D eigenvalue weighted by Gasteiger charge is 2.32. The molecule has 0 saturated carbocycles. The average molecular weight is 505 g/mol. The Labute approximate surface area is 204 Å². The third-order valence-electron chi connectivity index (χ3n) is 5.18. The minimum absolute atomic E-state index is 0.133. The molecule has 1 aromatic carbocycles. The number of amides is 4. The molecule has 0 fully saturated rings. The first-order valence-corrected chi connectivity index (χ1v) is 10.8. The molecule has 0 aliphatic heterocycles. The van der Waals surface area contributed by atoms with E-state index in [-0.39, 0.29) is 6.42 Å². The largest absolute Gasteiger partial charge is 0.481 e. The van der Waals surface area contributed by atoms with E-state index >= 15 is 0 Å². The summed E-state index contributed by atoms with van der Waals surface area (Å²) in [6, 6.07) is 1.44. The molecule has 2 rings (SSSR count). The summed E-state index contributed by atoms with van der Waals surface area (Å²) in [5.41, 5.74) is 12.0. The number of hydrogen-bond acceptors (Lipinski definition) is 7. The number of aromatic amines is 1. The van der Waals surface area contributed by atoms with Crippen LogP contribution in [0, 0.1) is 0 Å². The van der Waals surface area contributed by atoms with Crippen LogP contribution in [-0.4, -0.2) is 74.9 Å². The Hall–Kier alpha value is -4.46. The number of carbonyl (C=O) groups excluding carboxylic acids is 4. The molecule has 0 aliphatic carbocycles. The van der Waals surface area contributed by atoms with E-state index < -0.39 is 72.6 Å². The van der Waals surface area contributed by atoms with Gasteiger partial charge in [0.25, 0.3) is 0 Å². The van der Waals surface area contributed by atoms with Crippen LogP contribution in [0.5, 0.6) is 0 Å². The lowest BCUT2D eigenvalue weighted by Gasteiger charge is -2.24. The van der Waals surface area contributed by atoms with Gasteiger partial charge in [-0.25, -0.2) is 4.79 Å². The van der Waals surface area contributed by atoms with Gasteiger partial charge in [-0.05, 0) is 18.6 Å². The fraction of sp³-hybridized carbons (Fsp3) is 0.364. The van der Waals surface area contributed by atoms with Crippen LogP contribution < -0.4 is 27.4 Å². The van der Waals surface area contributed by atoms with Crippen molar-refractivity contribution in [3.05, 3.63) is 36.0 Å². The van der Waals surface area contributed by atoms with Gasteiger partial charge < -0.3 is 42.6 Å². The second-order valence-electron chi connectivity index (χ2n) is 8.14.